The number of carbonyl (C=O) groups is 3. The van der Waals surface area contributed by atoms with Crippen molar-refractivity contribution < 1.29 is 23.9 Å². The number of hydrazine groups is 1. The van der Waals surface area contributed by atoms with Gasteiger partial charge in [0.2, 0.25) is 12.0 Å². The van der Waals surface area contributed by atoms with Gasteiger partial charge in [0, 0.05) is 19.1 Å². The molecule has 2 heterocycles. The van der Waals surface area contributed by atoms with Gasteiger partial charge in [0.25, 0.3) is 5.91 Å². The van der Waals surface area contributed by atoms with E-state index in [-0.39, 0.29) is 30.5 Å². The van der Waals surface area contributed by atoms with E-state index < -0.39 is 12.0 Å². The molecule has 9 nitrogen and oxygen atoms in total. The molecule has 1 aliphatic carbocycles. The number of nitrogens with zero attached hydrogens (tertiary/aromatic N) is 1. The highest BCUT2D eigenvalue weighted by Gasteiger charge is 2.31. The fourth-order valence-corrected chi connectivity index (χ4v) is 4.17. The van der Waals surface area contributed by atoms with Crippen LogP contribution in [0.25, 0.3) is 0 Å². The standard InChI is InChI=1S/C21H28N4O5/c26-19(14-6-5-11-25(12-14)21(28)22-15-7-1-2-8-15)23-24-20(27)18-13-29-16-9-3-4-10-17(16)30-18/h3-4,9-10,14-15,18H,1-2,5-8,11-13H2,(H,22,28)(H,23,26)(H,24,27). The zero-order valence-corrected chi connectivity index (χ0v) is 16.9. The Bertz CT molecular complexity index is 795. The second kappa shape index (κ2) is 9.23. The Morgan fingerprint density at radius 2 is 1.67 bits per heavy atom. The number of amides is 4. The maximum atomic E-state index is 12.5. The van der Waals surface area contributed by atoms with Crippen LogP contribution in [0.2, 0.25) is 0 Å². The molecule has 1 saturated heterocycles. The van der Waals surface area contributed by atoms with Crippen LogP contribution in [0.3, 0.4) is 0 Å². The van der Waals surface area contributed by atoms with E-state index in [9.17, 15) is 14.4 Å². The van der Waals surface area contributed by atoms with Gasteiger partial charge in [0.05, 0.1) is 5.92 Å². The second-order valence-electron chi connectivity index (χ2n) is 8.06. The number of nitrogens with one attached hydrogen (secondary N) is 3. The van der Waals surface area contributed by atoms with E-state index in [0.29, 0.717) is 31.0 Å². The third kappa shape index (κ3) is 4.77. The summed E-state index contributed by atoms with van der Waals surface area (Å²) in [5.74, 6) is -0.0730. The van der Waals surface area contributed by atoms with Crippen LogP contribution in [0.4, 0.5) is 4.79 Å². The van der Waals surface area contributed by atoms with Crippen molar-refractivity contribution >= 4 is 17.8 Å². The van der Waals surface area contributed by atoms with Gasteiger partial charge < -0.3 is 19.7 Å². The number of rotatable bonds is 3. The summed E-state index contributed by atoms with van der Waals surface area (Å²) in [6.45, 7) is 1.05. The molecule has 1 aromatic rings. The van der Waals surface area contributed by atoms with Gasteiger partial charge in [-0.15, -0.1) is 0 Å². The van der Waals surface area contributed by atoms with Crippen molar-refractivity contribution in [1.82, 2.24) is 21.1 Å². The molecule has 4 rings (SSSR count). The fraction of sp³-hybridized carbons (Fsp3) is 0.571. The third-order valence-corrected chi connectivity index (χ3v) is 5.87. The predicted molar refractivity (Wildman–Crippen MR) is 108 cm³/mol. The Morgan fingerprint density at radius 1 is 0.933 bits per heavy atom. The molecule has 3 N–H and O–H groups in total. The summed E-state index contributed by atoms with van der Waals surface area (Å²) in [6, 6.07) is 7.25. The second-order valence-corrected chi connectivity index (χ2v) is 8.06. The summed E-state index contributed by atoms with van der Waals surface area (Å²) < 4.78 is 11.2. The van der Waals surface area contributed by atoms with Crippen molar-refractivity contribution in [1.29, 1.82) is 0 Å². The van der Waals surface area contributed by atoms with E-state index in [2.05, 4.69) is 16.2 Å². The molecule has 2 fully saturated rings. The van der Waals surface area contributed by atoms with E-state index in [4.69, 9.17) is 9.47 Å². The van der Waals surface area contributed by atoms with Gasteiger partial charge in [-0.2, -0.15) is 0 Å². The molecule has 3 aliphatic rings. The summed E-state index contributed by atoms with van der Waals surface area (Å²) >= 11 is 0. The minimum absolute atomic E-state index is 0.0667. The summed E-state index contributed by atoms with van der Waals surface area (Å²) in [7, 11) is 0. The highest BCUT2D eigenvalue weighted by Crippen LogP contribution is 2.30. The van der Waals surface area contributed by atoms with Crippen LogP contribution in [-0.4, -0.2) is 54.6 Å². The van der Waals surface area contributed by atoms with Gasteiger partial charge in [0.15, 0.2) is 11.5 Å². The van der Waals surface area contributed by atoms with Crippen molar-refractivity contribution in [2.24, 2.45) is 5.92 Å². The van der Waals surface area contributed by atoms with Crippen molar-refractivity contribution in [3.05, 3.63) is 24.3 Å². The molecule has 0 radical (unpaired) electrons. The molecule has 30 heavy (non-hydrogen) atoms. The largest absolute Gasteiger partial charge is 0.485 e. The fourth-order valence-electron chi connectivity index (χ4n) is 4.17. The van der Waals surface area contributed by atoms with Crippen molar-refractivity contribution in [2.75, 3.05) is 19.7 Å². The molecule has 9 heteroatoms. The van der Waals surface area contributed by atoms with Crippen LogP contribution in [0.15, 0.2) is 24.3 Å². The number of urea groups is 1. The highest BCUT2D eigenvalue weighted by molar-refractivity contribution is 5.86. The van der Waals surface area contributed by atoms with Gasteiger partial charge in [-0.05, 0) is 37.8 Å². The molecule has 0 spiro atoms. The molecule has 1 saturated carbocycles. The first-order valence-electron chi connectivity index (χ1n) is 10.6. The maximum absolute atomic E-state index is 12.5. The topological polar surface area (TPSA) is 109 Å². The quantitative estimate of drug-likeness (QED) is 0.645. The van der Waals surface area contributed by atoms with E-state index in [1.54, 1.807) is 23.1 Å². The van der Waals surface area contributed by atoms with E-state index >= 15 is 0 Å². The SMILES string of the molecule is O=C(NNC(=O)C1COc2ccccc2O1)C1CCCN(C(=O)NC2CCCC2)C1. The Labute approximate surface area is 175 Å². The Hall–Kier alpha value is -2.97. The average molecular weight is 416 g/mol. The van der Waals surface area contributed by atoms with Crippen LogP contribution in [0.5, 0.6) is 11.5 Å². The van der Waals surface area contributed by atoms with E-state index in [0.717, 1.165) is 32.1 Å². The lowest BCUT2D eigenvalue weighted by atomic mass is 9.97. The number of piperidine rings is 1. The number of hydrogen-bond donors (Lipinski definition) is 3. The number of benzene rings is 1. The molecular formula is C21H28N4O5. The number of ether oxygens (including phenoxy) is 2. The van der Waals surface area contributed by atoms with Gasteiger partial charge >= 0.3 is 6.03 Å². The molecule has 0 aromatic heterocycles. The Balaban J connectivity index is 1.23. The van der Waals surface area contributed by atoms with Crippen molar-refractivity contribution in [3.63, 3.8) is 0 Å². The molecule has 2 atom stereocenters. The van der Waals surface area contributed by atoms with Crippen LogP contribution < -0.4 is 25.6 Å². The minimum Gasteiger partial charge on any atom is -0.485 e. The normalized spacial score (nSPS) is 23.5. The van der Waals surface area contributed by atoms with Gasteiger partial charge in [-0.25, -0.2) is 4.79 Å². The average Bonchev–Trinajstić information content (AvgIpc) is 3.30. The smallest absolute Gasteiger partial charge is 0.317 e. The minimum atomic E-state index is -0.847. The van der Waals surface area contributed by atoms with Crippen LogP contribution >= 0.6 is 0 Å². The number of hydrogen-bond acceptors (Lipinski definition) is 5. The molecule has 1 aromatic carbocycles. The molecule has 0 bridgehead atoms. The Morgan fingerprint density at radius 3 is 2.47 bits per heavy atom. The summed E-state index contributed by atoms with van der Waals surface area (Å²) in [4.78, 5) is 39.1. The number of para-hydroxylation sites is 2. The van der Waals surface area contributed by atoms with E-state index in [1.165, 1.54) is 0 Å². The first kappa shape index (κ1) is 20.3. The zero-order chi connectivity index (χ0) is 20.9. The van der Waals surface area contributed by atoms with Crippen molar-refractivity contribution in [2.45, 2.75) is 50.7 Å². The summed E-state index contributed by atoms with van der Waals surface area (Å²) in [5, 5.41) is 3.06. The van der Waals surface area contributed by atoms with E-state index in [1.807, 2.05) is 6.07 Å². The summed E-state index contributed by atoms with van der Waals surface area (Å²) in [6.07, 6.45) is 4.92. The van der Waals surface area contributed by atoms with Crippen LogP contribution in [-0.2, 0) is 9.59 Å². The number of carbonyl (C=O) groups excluding carboxylic acids is 3. The summed E-state index contributed by atoms with van der Waals surface area (Å²) in [5.41, 5.74) is 4.89. The first-order valence-corrected chi connectivity index (χ1v) is 10.6. The van der Waals surface area contributed by atoms with Gasteiger partial charge in [-0.1, -0.05) is 25.0 Å². The maximum Gasteiger partial charge on any atom is 0.317 e. The van der Waals surface area contributed by atoms with Crippen LogP contribution in [0.1, 0.15) is 38.5 Å². The van der Waals surface area contributed by atoms with Gasteiger partial charge in [0.1, 0.15) is 6.61 Å². The molecule has 2 aliphatic heterocycles. The lowest BCUT2D eigenvalue weighted by Crippen LogP contribution is -2.55. The number of likely N-dealkylation sites (tertiary alicyclic amines) is 1. The van der Waals surface area contributed by atoms with Crippen LogP contribution in [0, 0.1) is 5.92 Å². The highest BCUT2D eigenvalue weighted by atomic mass is 16.6. The van der Waals surface area contributed by atoms with Gasteiger partial charge in [-0.3, -0.25) is 20.4 Å². The Kier molecular flexibility index (Phi) is 6.25. The van der Waals surface area contributed by atoms with Crippen molar-refractivity contribution in [3.8, 4) is 11.5 Å². The lowest BCUT2D eigenvalue weighted by molar-refractivity contribution is -0.136. The first-order chi connectivity index (χ1) is 14.6. The number of fused-ring (bicyclic) bond motifs is 1. The monoisotopic (exact) mass is 416 g/mol. The molecule has 162 valence electrons. The lowest BCUT2D eigenvalue weighted by Gasteiger charge is -2.33. The molecule has 2 unspecified atom stereocenters. The predicted octanol–water partition coefficient (Wildman–Crippen LogP) is 1.34. The molecule has 4 amide bonds. The zero-order valence-electron chi connectivity index (χ0n) is 16.9. The molecular weight excluding hydrogens is 388 g/mol. The third-order valence-electron chi connectivity index (χ3n) is 5.87.